The van der Waals surface area contributed by atoms with Gasteiger partial charge in [0.25, 0.3) is 0 Å². The molecule has 28 heavy (non-hydrogen) atoms. The molecule has 2 fully saturated rings. The van der Waals surface area contributed by atoms with Crippen molar-refractivity contribution in [2.24, 2.45) is 0 Å². The molecule has 5 nitrogen and oxygen atoms in total. The Hall–Kier alpha value is -1.71. The number of nitrogens with zero attached hydrogens (tertiary/aromatic N) is 1. The van der Waals surface area contributed by atoms with Crippen LogP contribution in [-0.2, 0) is 16.0 Å². The van der Waals surface area contributed by atoms with Crippen LogP contribution in [0.1, 0.15) is 44.6 Å². The Balaban J connectivity index is 1.50. The quantitative estimate of drug-likeness (QED) is 0.623. The molecule has 0 aromatic heterocycles. The lowest BCUT2D eigenvalue weighted by Crippen LogP contribution is -2.58. The van der Waals surface area contributed by atoms with Gasteiger partial charge in [-0.25, -0.2) is 0 Å². The maximum atomic E-state index is 13.1. The maximum Gasteiger partial charge on any atom is 0.245 e. The third-order valence-corrected chi connectivity index (χ3v) is 7.00. The van der Waals surface area contributed by atoms with Crippen molar-refractivity contribution >= 4 is 23.6 Å². The average Bonchev–Trinajstić information content (AvgIpc) is 3.13. The van der Waals surface area contributed by atoms with E-state index in [1.54, 1.807) is 7.05 Å². The number of rotatable bonds is 9. The van der Waals surface area contributed by atoms with Gasteiger partial charge in [0.05, 0.1) is 6.04 Å². The minimum absolute atomic E-state index is 0.0668. The smallest absolute Gasteiger partial charge is 0.245 e. The Morgan fingerprint density at radius 3 is 2.89 bits per heavy atom. The molecule has 3 rings (SSSR count). The van der Waals surface area contributed by atoms with Crippen molar-refractivity contribution in [3.05, 3.63) is 35.9 Å². The zero-order chi connectivity index (χ0) is 19.9. The molecule has 2 amide bonds. The van der Waals surface area contributed by atoms with Gasteiger partial charge in [-0.3, -0.25) is 9.59 Å². The molecule has 4 atom stereocenters. The van der Waals surface area contributed by atoms with E-state index in [9.17, 15) is 9.59 Å². The topological polar surface area (TPSA) is 61.4 Å². The Labute approximate surface area is 173 Å². The van der Waals surface area contributed by atoms with Gasteiger partial charge in [0.15, 0.2) is 0 Å². The molecule has 2 aliphatic rings. The van der Waals surface area contributed by atoms with Crippen LogP contribution in [0.3, 0.4) is 0 Å². The number of nitrogens with one attached hydrogen (secondary N) is 2. The summed E-state index contributed by atoms with van der Waals surface area (Å²) in [5.74, 6) is 2.04. The lowest BCUT2D eigenvalue weighted by molar-refractivity contribution is -0.142. The van der Waals surface area contributed by atoms with E-state index in [4.69, 9.17) is 0 Å². The molecule has 1 unspecified atom stereocenters. The number of hydrogen-bond acceptors (Lipinski definition) is 4. The number of thioether (sulfide) groups is 1. The second-order valence-corrected chi connectivity index (χ2v) is 8.81. The first-order valence-electron chi connectivity index (χ1n) is 10.4. The van der Waals surface area contributed by atoms with Gasteiger partial charge in [0, 0.05) is 23.4 Å². The van der Waals surface area contributed by atoms with Crippen LogP contribution in [0.2, 0.25) is 0 Å². The first kappa shape index (κ1) is 21.0. The highest BCUT2D eigenvalue weighted by Gasteiger charge is 2.43. The Kier molecular flexibility index (Phi) is 7.64. The molecular formula is C22H31N3O2S. The highest BCUT2D eigenvalue weighted by Crippen LogP contribution is 2.34. The number of carbonyl (C=O) groups excluding carboxylic acids is 2. The lowest BCUT2D eigenvalue weighted by atomic mass is 9.97. The highest BCUT2D eigenvalue weighted by atomic mass is 32.2. The van der Waals surface area contributed by atoms with Gasteiger partial charge in [0.2, 0.25) is 11.8 Å². The summed E-state index contributed by atoms with van der Waals surface area (Å²) >= 11 is 1.91. The first-order valence-corrected chi connectivity index (χ1v) is 11.5. The van der Waals surface area contributed by atoms with Gasteiger partial charge in [-0.15, -0.1) is 0 Å². The predicted octanol–water partition coefficient (Wildman–Crippen LogP) is 2.20. The SMILES string of the molecule is CCC(NC)C(=O)N[C@H]1CC[C@H]2CC[C@@H](CSCCc3c#cccc3)N2C1=O. The zero-order valence-corrected chi connectivity index (χ0v) is 17.7. The van der Waals surface area contributed by atoms with Crippen molar-refractivity contribution in [3.8, 4) is 0 Å². The van der Waals surface area contributed by atoms with Gasteiger partial charge < -0.3 is 15.5 Å². The molecule has 2 N–H and O–H groups in total. The lowest BCUT2D eigenvalue weighted by Gasteiger charge is -2.38. The molecule has 2 saturated heterocycles. The van der Waals surface area contributed by atoms with Crippen molar-refractivity contribution < 1.29 is 9.59 Å². The van der Waals surface area contributed by atoms with Crippen LogP contribution in [0.15, 0.2) is 18.2 Å². The first-order chi connectivity index (χ1) is 13.6. The molecule has 1 aromatic rings. The molecule has 0 bridgehead atoms. The summed E-state index contributed by atoms with van der Waals surface area (Å²) in [5, 5.41) is 6.00. The fourth-order valence-electron chi connectivity index (χ4n) is 4.29. The summed E-state index contributed by atoms with van der Waals surface area (Å²) in [6.07, 6.45) is 5.60. The fourth-order valence-corrected chi connectivity index (χ4v) is 5.42. The van der Waals surface area contributed by atoms with E-state index in [1.165, 1.54) is 5.56 Å². The Morgan fingerprint density at radius 1 is 1.36 bits per heavy atom. The van der Waals surface area contributed by atoms with Crippen LogP contribution in [0.5, 0.6) is 0 Å². The van der Waals surface area contributed by atoms with Crippen LogP contribution in [0.25, 0.3) is 0 Å². The van der Waals surface area contributed by atoms with Gasteiger partial charge >= 0.3 is 0 Å². The number of aryl methyl sites for hydroxylation is 1. The summed E-state index contributed by atoms with van der Waals surface area (Å²) in [7, 11) is 1.78. The molecular weight excluding hydrogens is 370 g/mol. The minimum atomic E-state index is -0.369. The maximum absolute atomic E-state index is 13.1. The van der Waals surface area contributed by atoms with E-state index in [0.717, 1.165) is 43.6 Å². The monoisotopic (exact) mass is 401 g/mol. The van der Waals surface area contributed by atoms with Crippen LogP contribution < -0.4 is 10.6 Å². The summed E-state index contributed by atoms with van der Waals surface area (Å²) in [5.41, 5.74) is 1.19. The van der Waals surface area contributed by atoms with Crippen LogP contribution in [-0.4, -0.2) is 59.4 Å². The van der Waals surface area contributed by atoms with E-state index >= 15 is 0 Å². The largest absolute Gasteiger partial charge is 0.343 e. The summed E-state index contributed by atoms with van der Waals surface area (Å²) in [4.78, 5) is 27.6. The number of carbonyl (C=O) groups is 2. The Bertz CT molecular complexity index is 650. The second-order valence-electron chi connectivity index (χ2n) is 7.66. The highest BCUT2D eigenvalue weighted by molar-refractivity contribution is 7.99. The van der Waals surface area contributed by atoms with E-state index in [2.05, 4.69) is 33.7 Å². The van der Waals surface area contributed by atoms with Crippen molar-refractivity contribution in [1.29, 1.82) is 0 Å². The van der Waals surface area contributed by atoms with Gasteiger partial charge in [-0.1, -0.05) is 25.1 Å². The van der Waals surface area contributed by atoms with Gasteiger partial charge in [0.1, 0.15) is 6.04 Å². The minimum Gasteiger partial charge on any atom is -0.343 e. The molecule has 0 saturated carbocycles. The molecule has 0 radical (unpaired) electrons. The van der Waals surface area contributed by atoms with E-state index in [0.29, 0.717) is 18.5 Å². The molecule has 2 heterocycles. The standard InChI is InChI=1S/C22H31N3O2S/c1-3-19(23-2)21(26)24-20-12-11-17-9-10-18(25(17)22(20)27)15-28-14-13-16-7-5-4-6-8-16/h4-5,7,17-20,23H,3,9-15H2,1-2H3,(H,24,26)/t17-,18+,19?,20+/m1/s1. The summed E-state index contributed by atoms with van der Waals surface area (Å²) < 4.78 is 0. The third kappa shape index (κ3) is 5.01. The van der Waals surface area contributed by atoms with Crippen molar-refractivity contribution in [2.75, 3.05) is 18.6 Å². The molecule has 0 spiro atoms. The van der Waals surface area contributed by atoms with Gasteiger partial charge in [-0.2, -0.15) is 11.8 Å². The molecule has 2 aliphatic heterocycles. The van der Waals surface area contributed by atoms with Crippen LogP contribution >= 0.6 is 11.8 Å². The summed E-state index contributed by atoms with van der Waals surface area (Å²) in [6, 6.07) is 12.1. The van der Waals surface area contributed by atoms with Gasteiger partial charge in [-0.05, 0) is 63.5 Å². The van der Waals surface area contributed by atoms with E-state index in [1.807, 2.05) is 30.8 Å². The van der Waals surface area contributed by atoms with E-state index < -0.39 is 0 Å². The van der Waals surface area contributed by atoms with Crippen molar-refractivity contribution in [2.45, 2.75) is 69.6 Å². The van der Waals surface area contributed by atoms with Crippen LogP contribution in [0.4, 0.5) is 0 Å². The number of fused-ring (bicyclic) bond motifs is 1. The number of likely N-dealkylation sites (N-methyl/N-ethyl adjacent to an activating group) is 1. The number of hydrogen-bond donors (Lipinski definition) is 2. The molecule has 1 aromatic carbocycles. The number of piperidine rings is 1. The average molecular weight is 402 g/mol. The Morgan fingerprint density at radius 2 is 2.18 bits per heavy atom. The van der Waals surface area contributed by atoms with Crippen LogP contribution in [0, 0.1) is 12.1 Å². The van der Waals surface area contributed by atoms with Crippen molar-refractivity contribution in [3.63, 3.8) is 0 Å². The summed E-state index contributed by atoms with van der Waals surface area (Å²) in [6.45, 7) is 1.97. The predicted molar refractivity (Wildman–Crippen MR) is 113 cm³/mol. The second kappa shape index (κ2) is 10.2. The molecule has 6 heteroatoms. The van der Waals surface area contributed by atoms with E-state index in [-0.39, 0.29) is 23.9 Å². The molecule has 152 valence electrons. The zero-order valence-electron chi connectivity index (χ0n) is 16.9. The van der Waals surface area contributed by atoms with Crippen molar-refractivity contribution in [1.82, 2.24) is 15.5 Å². The molecule has 0 aliphatic carbocycles. The normalized spacial score (nSPS) is 25.1. The third-order valence-electron chi connectivity index (χ3n) is 5.89. The fraction of sp³-hybridized carbons (Fsp3) is 0.636. The number of amides is 2.